The zero-order valence-corrected chi connectivity index (χ0v) is 16.7. The number of H-pyrrole nitrogens is 2. The molecule has 8 heteroatoms. The van der Waals surface area contributed by atoms with Crippen molar-refractivity contribution in [1.82, 2.24) is 35.1 Å². The maximum atomic E-state index is 4.85. The molecule has 0 aliphatic carbocycles. The van der Waals surface area contributed by atoms with E-state index in [9.17, 15) is 0 Å². The summed E-state index contributed by atoms with van der Waals surface area (Å²) in [5.74, 6) is 0.639. The Morgan fingerprint density at radius 3 is 2.73 bits per heavy atom. The number of nitrogens with one attached hydrogen (secondary N) is 2. The van der Waals surface area contributed by atoms with Crippen LogP contribution in [0.25, 0.3) is 55.4 Å². The van der Waals surface area contributed by atoms with E-state index in [0.29, 0.717) is 11.5 Å². The van der Waals surface area contributed by atoms with Crippen molar-refractivity contribution in [2.24, 2.45) is 0 Å². The van der Waals surface area contributed by atoms with Crippen LogP contribution in [0.3, 0.4) is 0 Å². The van der Waals surface area contributed by atoms with Crippen LogP contribution in [-0.2, 0) is 0 Å². The lowest BCUT2D eigenvalue weighted by Crippen LogP contribution is -1.87. The van der Waals surface area contributed by atoms with Crippen molar-refractivity contribution < 1.29 is 0 Å². The van der Waals surface area contributed by atoms with Gasteiger partial charge in [0, 0.05) is 39.5 Å². The van der Waals surface area contributed by atoms with Crippen LogP contribution in [0.2, 0.25) is 0 Å². The molecular formula is C22H15N7S. The largest absolute Gasteiger partial charge is 0.321 e. The summed E-state index contributed by atoms with van der Waals surface area (Å²) in [7, 11) is 0. The van der Waals surface area contributed by atoms with Gasteiger partial charge in [-0.1, -0.05) is 0 Å². The van der Waals surface area contributed by atoms with Crippen LogP contribution in [0.4, 0.5) is 0 Å². The van der Waals surface area contributed by atoms with Crippen LogP contribution in [-0.4, -0.2) is 35.1 Å². The van der Waals surface area contributed by atoms with Crippen molar-refractivity contribution >= 4 is 33.5 Å². The molecule has 144 valence electrons. The average Bonchev–Trinajstić information content (AvgIpc) is 3.51. The fourth-order valence-electron chi connectivity index (χ4n) is 3.54. The van der Waals surface area contributed by atoms with Gasteiger partial charge in [-0.2, -0.15) is 5.10 Å². The summed E-state index contributed by atoms with van der Waals surface area (Å²) in [5.41, 5.74) is 6.67. The van der Waals surface area contributed by atoms with Gasteiger partial charge in [-0.3, -0.25) is 10.1 Å². The number of fused-ring (bicyclic) bond motifs is 2. The van der Waals surface area contributed by atoms with Crippen molar-refractivity contribution in [2.45, 2.75) is 6.92 Å². The minimum absolute atomic E-state index is 0.639. The van der Waals surface area contributed by atoms with E-state index in [2.05, 4.69) is 44.2 Å². The van der Waals surface area contributed by atoms with E-state index in [0.717, 1.165) is 39.0 Å². The number of rotatable bonds is 3. The Hall–Kier alpha value is -3.91. The minimum atomic E-state index is 0.639. The van der Waals surface area contributed by atoms with Crippen LogP contribution in [0.15, 0.2) is 61.1 Å². The van der Waals surface area contributed by atoms with Gasteiger partial charge in [0.25, 0.3) is 0 Å². The summed E-state index contributed by atoms with van der Waals surface area (Å²) in [6, 6.07) is 14.1. The van der Waals surface area contributed by atoms with Gasteiger partial charge in [0.1, 0.15) is 11.0 Å². The maximum Gasteiger partial charge on any atom is 0.162 e. The third-order valence-corrected chi connectivity index (χ3v) is 6.01. The zero-order chi connectivity index (χ0) is 20.1. The summed E-state index contributed by atoms with van der Waals surface area (Å²) < 4.78 is 0. The summed E-state index contributed by atoms with van der Waals surface area (Å²) in [6.07, 6.45) is 5.35. The fourth-order valence-corrected chi connectivity index (χ4v) is 4.43. The number of nitrogens with zero attached hydrogens (tertiary/aromatic N) is 5. The van der Waals surface area contributed by atoms with E-state index < -0.39 is 0 Å². The molecule has 6 heterocycles. The average molecular weight is 409 g/mol. The second-order valence-electron chi connectivity index (χ2n) is 6.96. The smallest absolute Gasteiger partial charge is 0.162 e. The molecule has 0 aromatic carbocycles. The van der Waals surface area contributed by atoms with Crippen LogP contribution in [0.5, 0.6) is 0 Å². The first-order chi connectivity index (χ1) is 14.8. The summed E-state index contributed by atoms with van der Waals surface area (Å²) in [6.45, 7) is 2.10. The van der Waals surface area contributed by atoms with E-state index in [1.54, 1.807) is 29.9 Å². The van der Waals surface area contributed by atoms with Crippen LogP contribution in [0.1, 0.15) is 4.88 Å². The lowest BCUT2D eigenvalue weighted by atomic mass is 10.2. The van der Waals surface area contributed by atoms with E-state index in [1.807, 2.05) is 30.3 Å². The van der Waals surface area contributed by atoms with Crippen LogP contribution in [0, 0.1) is 6.92 Å². The predicted octanol–water partition coefficient (Wildman–Crippen LogP) is 5.00. The topological polar surface area (TPSA) is 96.0 Å². The number of hydrogen-bond donors (Lipinski definition) is 2. The molecular weight excluding hydrogens is 394 g/mol. The number of thiophene rings is 1. The first-order valence-corrected chi connectivity index (χ1v) is 10.3. The highest BCUT2D eigenvalue weighted by atomic mass is 32.1. The van der Waals surface area contributed by atoms with Gasteiger partial charge in [-0.15, -0.1) is 11.3 Å². The second kappa shape index (κ2) is 6.57. The van der Waals surface area contributed by atoms with Crippen molar-refractivity contribution in [3.63, 3.8) is 0 Å². The van der Waals surface area contributed by atoms with Crippen molar-refractivity contribution in [1.29, 1.82) is 0 Å². The van der Waals surface area contributed by atoms with Crippen LogP contribution < -0.4 is 0 Å². The van der Waals surface area contributed by atoms with Gasteiger partial charge in [-0.05, 0) is 49.4 Å². The molecule has 7 nitrogen and oxygen atoms in total. The number of imidazole rings is 1. The van der Waals surface area contributed by atoms with Gasteiger partial charge in [-0.25, -0.2) is 15.0 Å². The zero-order valence-electron chi connectivity index (χ0n) is 15.9. The highest BCUT2D eigenvalue weighted by molar-refractivity contribution is 7.15. The van der Waals surface area contributed by atoms with Gasteiger partial charge >= 0.3 is 0 Å². The lowest BCUT2D eigenvalue weighted by molar-refractivity contribution is 1.10. The Kier molecular flexibility index (Phi) is 3.72. The number of pyridine rings is 3. The molecule has 0 aliphatic heterocycles. The molecule has 6 aromatic heterocycles. The van der Waals surface area contributed by atoms with E-state index in [-0.39, 0.29) is 0 Å². The van der Waals surface area contributed by atoms with Crippen molar-refractivity contribution in [3.05, 3.63) is 65.9 Å². The SMILES string of the molecule is Cc1ccc(-c2ccnc3[nH]c(-c4n[nH]c5ccc(-c6cccnc6)nc45)nc23)s1. The van der Waals surface area contributed by atoms with E-state index in [4.69, 9.17) is 9.97 Å². The summed E-state index contributed by atoms with van der Waals surface area (Å²) in [4.78, 5) is 24.1. The molecule has 0 bridgehead atoms. The Labute approximate surface area is 174 Å². The first kappa shape index (κ1) is 17.0. The van der Waals surface area contributed by atoms with Crippen LogP contribution >= 0.6 is 11.3 Å². The van der Waals surface area contributed by atoms with Gasteiger partial charge in [0.2, 0.25) is 0 Å². The summed E-state index contributed by atoms with van der Waals surface area (Å²) in [5, 5.41) is 7.53. The molecule has 30 heavy (non-hydrogen) atoms. The monoisotopic (exact) mass is 409 g/mol. The minimum Gasteiger partial charge on any atom is -0.321 e. The molecule has 6 aromatic rings. The van der Waals surface area contributed by atoms with Gasteiger partial charge in [0.05, 0.1) is 11.2 Å². The molecule has 0 saturated heterocycles. The Morgan fingerprint density at radius 1 is 0.933 bits per heavy atom. The fraction of sp³-hybridized carbons (Fsp3) is 0.0455. The highest BCUT2D eigenvalue weighted by Gasteiger charge is 2.17. The van der Waals surface area contributed by atoms with Crippen molar-refractivity contribution in [2.75, 3.05) is 0 Å². The van der Waals surface area contributed by atoms with E-state index in [1.165, 1.54) is 9.75 Å². The molecule has 2 N–H and O–H groups in total. The maximum absolute atomic E-state index is 4.85. The van der Waals surface area contributed by atoms with Gasteiger partial charge in [0.15, 0.2) is 17.2 Å². The number of hydrogen-bond acceptors (Lipinski definition) is 6. The molecule has 0 fully saturated rings. The third-order valence-electron chi connectivity index (χ3n) is 4.98. The molecule has 0 amide bonds. The molecule has 0 atom stereocenters. The number of aromatic amines is 2. The Balaban J connectivity index is 1.52. The normalized spacial score (nSPS) is 11.5. The summed E-state index contributed by atoms with van der Waals surface area (Å²) >= 11 is 1.74. The Bertz CT molecular complexity index is 1510. The lowest BCUT2D eigenvalue weighted by Gasteiger charge is -2.00. The molecule has 0 spiro atoms. The van der Waals surface area contributed by atoms with E-state index >= 15 is 0 Å². The van der Waals surface area contributed by atoms with Crippen molar-refractivity contribution in [3.8, 4) is 33.2 Å². The second-order valence-corrected chi connectivity index (χ2v) is 8.25. The Morgan fingerprint density at radius 2 is 1.90 bits per heavy atom. The molecule has 0 aliphatic rings. The standard InChI is InChI=1S/C22H15N7S/c1-12-4-7-17(30-12)14-8-10-24-21-18(14)26-22(27-21)20-19-16(28-29-20)6-5-15(25-19)13-3-2-9-23-11-13/h2-11H,1H3,(H,28,29)(H,24,26,27). The molecule has 0 radical (unpaired) electrons. The van der Waals surface area contributed by atoms with Gasteiger partial charge < -0.3 is 4.98 Å². The molecule has 0 saturated carbocycles. The predicted molar refractivity (Wildman–Crippen MR) is 118 cm³/mol. The number of aryl methyl sites for hydroxylation is 1. The molecule has 6 rings (SSSR count). The molecule has 0 unspecified atom stereocenters. The highest BCUT2D eigenvalue weighted by Crippen LogP contribution is 2.34. The third kappa shape index (κ3) is 2.69. The first-order valence-electron chi connectivity index (χ1n) is 9.44. The number of aromatic nitrogens is 7. The quantitative estimate of drug-likeness (QED) is 0.429.